The second-order valence-corrected chi connectivity index (χ2v) is 5.68. The van der Waals surface area contributed by atoms with Gasteiger partial charge in [-0.15, -0.1) is 0 Å². The lowest BCUT2D eigenvalue weighted by atomic mass is 10.1. The number of methoxy groups -OCH3 is 1. The fraction of sp³-hybridized carbons (Fsp3) is 0.263. The Morgan fingerprint density at radius 3 is 2.41 bits per heavy atom. The van der Waals surface area contributed by atoms with Crippen molar-refractivity contribution < 1.29 is 24.0 Å². The summed E-state index contributed by atoms with van der Waals surface area (Å²) in [7, 11) is 1.40. The number of benzene rings is 2. The highest BCUT2D eigenvalue weighted by atomic mass is 16.6. The molecule has 2 aromatic rings. The summed E-state index contributed by atoms with van der Waals surface area (Å²) in [4.78, 5) is 34.2. The van der Waals surface area contributed by atoms with Gasteiger partial charge in [0.15, 0.2) is 23.9 Å². The van der Waals surface area contributed by atoms with Crippen molar-refractivity contribution in [2.45, 2.75) is 19.8 Å². The van der Waals surface area contributed by atoms with Crippen LogP contribution in [-0.4, -0.2) is 30.3 Å². The number of Topliss-reactive ketones (excluding diaryl/α,β-unsaturated/α-hetero) is 1. The average Bonchev–Trinajstić information content (AvgIpc) is 2.66. The van der Waals surface area contributed by atoms with Gasteiger partial charge in [0.25, 0.3) is 5.69 Å². The van der Waals surface area contributed by atoms with Gasteiger partial charge in [-0.05, 0) is 36.8 Å². The van der Waals surface area contributed by atoms with Crippen molar-refractivity contribution in [2.75, 3.05) is 19.0 Å². The van der Waals surface area contributed by atoms with Gasteiger partial charge >= 0.3 is 0 Å². The number of carbonyl (C=O) groups is 2. The molecule has 0 aliphatic rings. The molecule has 8 heteroatoms. The highest BCUT2D eigenvalue weighted by Gasteiger charge is 2.14. The van der Waals surface area contributed by atoms with Gasteiger partial charge in [0.05, 0.1) is 18.1 Å². The van der Waals surface area contributed by atoms with E-state index in [1.54, 1.807) is 24.3 Å². The Kier molecular flexibility index (Phi) is 6.87. The van der Waals surface area contributed by atoms with Crippen LogP contribution >= 0.6 is 0 Å². The first-order valence-electron chi connectivity index (χ1n) is 8.33. The van der Waals surface area contributed by atoms with Gasteiger partial charge in [-0.1, -0.05) is 6.92 Å². The summed E-state index contributed by atoms with van der Waals surface area (Å²) < 4.78 is 10.5. The number of ether oxygens (including phenoxy) is 2. The molecule has 0 fully saturated rings. The van der Waals surface area contributed by atoms with Gasteiger partial charge in [-0.3, -0.25) is 19.7 Å². The molecule has 0 unspecified atom stereocenters. The molecule has 0 aromatic heterocycles. The molecular formula is C19H20N2O6. The van der Waals surface area contributed by atoms with Crippen molar-refractivity contribution in [1.29, 1.82) is 0 Å². The predicted octanol–water partition coefficient (Wildman–Crippen LogP) is 3.60. The third kappa shape index (κ3) is 5.53. The topological polar surface area (TPSA) is 108 Å². The Labute approximate surface area is 156 Å². The zero-order chi connectivity index (χ0) is 19.8. The first kappa shape index (κ1) is 19.9. The molecule has 0 saturated heterocycles. The van der Waals surface area contributed by atoms with Crippen molar-refractivity contribution in [2.24, 2.45) is 0 Å². The lowest BCUT2D eigenvalue weighted by Crippen LogP contribution is -2.13. The van der Waals surface area contributed by atoms with Crippen molar-refractivity contribution in [3.05, 3.63) is 58.1 Å². The Morgan fingerprint density at radius 1 is 1.11 bits per heavy atom. The monoisotopic (exact) mass is 372 g/mol. The maximum atomic E-state index is 12.3. The van der Waals surface area contributed by atoms with E-state index in [4.69, 9.17) is 9.47 Å². The summed E-state index contributed by atoms with van der Waals surface area (Å²) in [5, 5.41) is 13.6. The summed E-state index contributed by atoms with van der Waals surface area (Å²) in [6.45, 7) is 1.61. The van der Waals surface area contributed by atoms with Gasteiger partial charge < -0.3 is 14.8 Å². The highest BCUT2D eigenvalue weighted by Crippen LogP contribution is 2.31. The van der Waals surface area contributed by atoms with Crippen LogP contribution in [0.5, 0.6) is 11.5 Å². The number of nitrogens with one attached hydrogen (secondary N) is 1. The third-order valence-electron chi connectivity index (χ3n) is 3.68. The summed E-state index contributed by atoms with van der Waals surface area (Å²) >= 11 is 0. The average molecular weight is 372 g/mol. The van der Waals surface area contributed by atoms with E-state index in [2.05, 4.69) is 5.32 Å². The minimum Gasteiger partial charge on any atom is -0.493 e. The number of anilines is 1. The molecule has 2 aromatic carbocycles. The zero-order valence-electron chi connectivity index (χ0n) is 15.1. The first-order chi connectivity index (χ1) is 12.9. The standard InChI is InChI=1S/C19H20N2O6/c1-3-4-19(23)20-14-7-5-13(6-8-14)16(22)12-27-18-11-15(21(24)25)9-10-17(18)26-2/h5-11H,3-4,12H2,1-2H3,(H,20,23). The molecule has 1 N–H and O–H groups in total. The van der Waals surface area contributed by atoms with E-state index in [1.165, 1.54) is 25.3 Å². The predicted molar refractivity (Wildman–Crippen MR) is 99.5 cm³/mol. The van der Waals surface area contributed by atoms with E-state index in [0.29, 0.717) is 23.4 Å². The number of non-ortho nitro benzene ring substituents is 1. The Balaban J connectivity index is 2.02. The summed E-state index contributed by atoms with van der Waals surface area (Å²) in [6.07, 6.45) is 1.18. The molecule has 27 heavy (non-hydrogen) atoms. The minimum absolute atomic E-state index is 0.0855. The van der Waals surface area contributed by atoms with Crippen LogP contribution in [0.25, 0.3) is 0 Å². The second kappa shape index (κ2) is 9.33. The van der Waals surface area contributed by atoms with E-state index in [9.17, 15) is 19.7 Å². The Bertz CT molecular complexity index is 833. The smallest absolute Gasteiger partial charge is 0.273 e. The SMILES string of the molecule is CCCC(=O)Nc1ccc(C(=O)COc2cc([N+](=O)[O-])ccc2OC)cc1. The van der Waals surface area contributed by atoms with Crippen molar-refractivity contribution in [1.82, 2.24) is 0 Å². The molecule has 0 saturated carbocycles. The molecule has 0 aliphatic heterocycles. The Hall–Kier alpha value is -3.42. The molecule has 142 valence electrons. The third-order valence-corrected chi connectivity index (χ3v) is 3.68. The fourth-order valence-electron chi connectivity index (χ4n) is 2.31. The molecule has 0 atom stereocenters. The lowest BCUT2D eigenvalue weighted by molar-refractivity contribution is -0.385. The van der Waals surface area contributed by atoms with Crippen LogP contribution in [0.4, 0.5) is 11.4 Å². The van der Waals surface area contributed by atoms with Crippen LogP contribution in [0, 0.1) is 10.1 Å². The minimum atomic E-state index is -0.556. The molecule has 8 nitrogen and oxygen atoms in total. The van der Waals surface area contributed by atoms with Gasteiger partial charge in [0.1, 0.15) is 0 Å². The second-order valence-electron chi connectivity index (χ2n) is 5.68. The van der Waals surface area contributed by atoms with Crippen LogP contribution in [-0.2, 0) is 4.79 Å². The number of amides is 1. The van der Waals surface area contributed by atoms with Gasteiger partial charge in [-0.2, -0.15) is 0 Å². The fourth-order valence-corrected chi connectivity index (χ4v) is 2.31. The number of hydrogen-bond donors (Lipinski definition) is 1. The maximum Gasteiger partial charge on any atom is 0.273 e. The summed E-state index contributed by atoms with van der Waals surface area (Å²) in [5.74, 6) is 0.0126. The number of rotatable bonds is 9. The van der Waals surface area contributed by atoms with Crippen molar-refractivity contribution in [3.8, 4) is 11.5 Å². The van der Waals surface area contributed by atoms with Crippen LogP contribution in [0.2, 0.25) is 0 Å². The quantitative estimate of drug-likeness (QED) is 0.409. The number of carbonyl (C=O) groups excluding carboxylic acids is 2. The van der Waals surface area contributed by atoms with E-state index in [1.807, 2.05) is 6.92 Å². The van der Waals surface area contributed by atoms with E-state index in [-0.39, 0.29) is 29.7 Å². The molecule has 0 spiro atoms. The van der Waals surface area contributed by atoms with E-state index >= 15 is 0 Å². The molecule has 0 heterocycles. The molecule has 1 amide bonds. The number of nitro benzene ring substituents is 1. The summed E-state index contributed by atoms with van der Waals surface area (Å²) in [5.41, 5.74) is 0.838. The Morgan fingerprint density at radius 2 is 1.81 bits per heavy atom. The van der Waals surface area contributed by atoms with Crippen LogP contribution < -0.4 is 14.8 Å². The first-order valence-corrected chi connectivity index (χ1v) is 8.33. The largest absolute Gasteiger partial charge is 0.493 e. The van der Waals surface area contributed by atoms with Gasteiger partial charge in [-0.25, -0.2) is 0 Å². The number of nitro groups is 1. The molecule has 0 bridgehead atoms. The zero-order valence-corrected chi connectivity index (χ0v) is 15.1. The number of nitrogens with zero attached hydrogens (tertiary/aromatic N) is 1. The maximum absolute atomic E-state index is 12.3. The molecule has 2 rings (SSSR count). The van der Waals surface area contributed by atoms with Crippen LogP contribution in [0.1, 0.15) is 30.1 Å². The van der Waals surface area contributed by atoms with Crippen LogP contribution in [0.15, 0.2) is 42.5 Å². The number of hydrogen-bond acceptors (Lipinski definition) is 6. The molecular weight excluding hydrogens is 352 g/mol. The highest BCUT2D eigenvalue weighted by molar-refractivity contribution is 5.98. The molecule has 0 radical (unpaired) electrons. The number of ketones is 1. The van der Waals surface area contributed by atoms with Gasteiger partial charge in [0, 0.05) is 23.7 Å². The van der Waals surface area contributed by atoms with E-state index in [0.717, 1.165) is 6.42 Å². The van der Waals surface area contributed by atoms with Crippen molar-refractivity contribution >= 4 is 23.1 Å². The van der Waals surface area contributed by atoms with Gasteiger partial charge in [0.2, 0.25) is 5.91 Å². The summed E-state index contributed by atoms with van der Waals surface area (Å²) in [6, 6.07) is 10.3. The molecule has 0 aliphatic carbocycles. The van der Waals surface area contributed by atoms with Crippen molar-refractivity contribution in [3.63, 3.8) is 0 Å². The van der Waals surface area contributed by atoms with Crippen LogP contribution in [0.3, 0.4) is 0 Å². The van der Waals surface area contributed by atoms with E-state index < -0.39 is 4.92 Å². The normalized spacial score (nSPS) is 10.1. The lowest BCUT2D eigenvalue weighted by Gasteiger charge is -2.10.